The Balaban J connectivity index is 1.55. The number of allylic oxidation sites excluding steroid dienone is 2. The lowest BCUT2D eigenvalue weighted by Gasteiger charge is -2.35. The summed E-state index contributed by atoms with van der Waals surface area (Å²) in [5.74, 6) is 0.587. The van der Waals surface area contributed by atoms with Gasteiger partial charge in [-0.1, -0.05) is 36.9 Å². The molecule has 1 aliphatic heterocycles. The Bertz CT molecular complexity index is 1680. The number of rotatable bonds is 8. The Kier molecular flexibility index (Phi) is 7.99. The van der Waals surface area contributed by atoms with E-state index in [4.69, 9.17) is 9.72 Å². The van der Waals surface area contributed by atoms with Gasteiger partial charge in [0.2, 0.25) is 11.9 Å². The number of fused-ring (bicyclic) bond motifs is 1. The molecule has 5 rings (SSSR count). The molecule has 0 bridgehead atoms. The summed E-state index contributed by atoms with van der Waals surface area (Å²) in [5.41, 5.74) is 4.82. The second-order valence-corrected chi connectivity index (χ2v) is 9.81. The van der Waals surface area contributed by atoms with Crippen LogP contribution in [-0.4, -0.2) is 65.7 Å². The van der Waals surface area contributed by atoms with Crippen molar-refractivity contribution < 1.29 is 9.53 Å². The molecule has 0 radical (unpaired) electrons. The quantitative estimate of drug-likeness (QED) is 0.241. The molecule has 10 heteroatoms. The van der Waals surface area contributed by atoms with E-state index in [1.807, 2.05) is 54.2 Å². The first-order chi connectivity index (χ1) is 19.9. The maximum Gasteiger partial charge on any atom is 0.248 e. The highest BCUT2D eigenvalue weighted by molar-refractivity contribution is 6.03. The summed E-state index contributed by atoms with van der Waals surface area (Å²) in [6.45, 7) is 7.07. The Hall–Kier alpha value is -5.14. The van der Waals surface area contributed by atoms with Gasteiger partial charge in [-0.3, -0.25) is 4.79 Å². The number of hydrogen-bond acceptors (Lipinski definition) is 8. The summed E-state index contributed by atoms with van der Waals surface area (Å²) in [6, 6.07) is 13.9. The van der Waals surface area contributed by atoms with Crippen molar-refractivity contribution in [2.24, 2.45) is 7.05 Å². The van der Waals surface area contributed by atoms with Gasteiger partial charge in [-0.2, -0.15) is 5.26 Å². The third-order valence-electron chi connectivity index (χ3n) is 7.11. The largest absolute Gasteiger partial charge is 0.494 e. The van der Waals surface area contributed by atoms with Crippen molar-refractivity contribution in [1.29, 1.82) is 5.26 Å². The predicted octanol–water partition coefficient (Wildman–Crippen LogP) is 4.69. The fourth-order valence-electron chi connectivity index (χ4n) is 4.95. The molecule has 1 amide bonds. The molecule has 2 aromatic carbocycles. The summed E-state index contributed by atoms with van der Waals surface area (Å²) in [5, 5.41) is 17.1. The zero-order valence-electron chi connectivity index (χ0n) is 23.4. The van der Waals surface area contributed by atoms with Crippen molar-refractivity contribution in [1.82, 2.24) is 19.4 Å². The highest BCUT2D eigenvalue weighted by Crippen LogP contribution is 2.39. The smallest absolute Gasteiger partial charge is 0.248 e. The third kappa shape index (κ3) is 5.76. The number of amides is 1. The van der Waals surface area contributed by atoms with Crippen LogP contribution in [0, 0.1) is 11.3 Å². The van der Waals surface area contributed by atoms with Crippen LogP contribution in [-0.2, 0) is 11.8 Å². The zero-order chi connectivity index (χ0) is 28.9. The van der Waals surface area contributed by atoms with E-state index in [0.29, 0.717) is 34.3 Å². The fraction of sp³-hybridized carbons (Fsp3) is 0.226. The number of aromatic nitrogens is 3. The molecule has 1 aliphatic rings. The molecule has 3 heterocycles. The van der Waals surface area contributed by atoms with Crippen LogP contribution in [0.25, 0.3) is 22.2 Å². The number of ether oxygens (including phenoxy) is 1. The standard InChI is InChI=1S/C31H32N8O2/c1-5-6-11-29(40)34-24-16-25(28(41-4)17-27(24)39-14-12-37(2)13-15-39)35-31-33-19-21(18-32)30(36-31)23-20-38(3)26-10-8-7-9-22(23)26/h5-11,16-17,19-20H,1,12-15H2,2-4H3,(H,34,40)(H,33,35,36)/b11-6+. The van der Waals surface area contributed by atoms with Gasteiger partial charge in [-0.25, -0.2) is 9.97 Å². The number of nitriles is 1. The lowest BCUT2D eigenvalue weighted by atomic mass is 10.1. The van der Waals surface area contributed by atoms with Crippen LogP contribution in [0.5, 0.6) is 5.75 Å². The minimum Gasteiger partial charge on any atom is -0.494 e. The van der Waals surface area contributed by atoms with Crippen LogP contribution in [0.4, 0.5) is 23.0 Å². The van der Waals surface area contributed by atoms with E-state index in [2.05, 4.69) is 45.1 Å². The number of nitrogens with zero attached hydrogens (tertiary/aromatic N) is 6. The third-order valence-corrected chi connectivity index (χ3v) is 7.11. The SMILES string of the molecule is C=C/C=C/C(=O)Nc1cc(Nc2ncc(C#N)c(-c3cn(C)c4ccccc34)n2)c(OC)cc1N1CCN(C)CC1. The molecular weight excluding hydrogens is 516 g/mol. The Morgan fingerprint density at radius 1 is 1.15 bits per heavy atom. The molecule has 4 aromatic rings. The van der Waals surface area contributed by atoms with Crippen molar-refractivity contribution >= 4 is 39.8 Å². The highest BCUT2D eigenvalue weighted by Gasteiger charge is 2.22. The topological polar surface area (TPSA) is 111 Å². The lowest BCUT2D eigenvalue weighted by molar-refractivity contribution is -0.111. The van der Waals surface area contributed by atoms with Gasteiger partial charge in [0.15, 0.2) is 0 Å². The second kappa shape index (κ2) is 11.9. The van der Waals surface area contributed by atoms with Crippen molar-refractivity contribution in [2.75, 3.05) is 55.9 Å². The van der Waals surface area contributed by atoms with Crippen LogP contribution in [0.2, 0.25) is 0 Å². The second-order valence-electron chi connectivity index (χ2n) is 9.81. The first kappa shape index (κ1) is 27.4. The van der Waals surface area contributed by atoms with E-state index in [0.717, 1.165) is 48.3 Å². The van der Waals surface area contributed by atoms with Gasteiger partial charge < -0.3 is 29.7 Å². The molecule has 0 aliphatic carbocycles. The van der Waals surface area contributed by atoms with E-state index in [1.165, 1.54) is 12.3 Å². The number of hydrogen-bond donors (Lipinski definition) is 2. The van der Waals surface area contributed by atoms with Crippen LogP contribution < -0.4 is 20.3 Å². The first-order valence-corrected chi connectivity index (χ1v) is 13.3. The van der Waals surface area contributed by atoms with Crippen LogP contribution in [0.3, 0.4) is 0 Å². The Morgan fingerprint density at radius 2 is 1.93 bits per heavy atom. The number of para-hydroxylation sites is 1. The van der Waals surface area contributed by atoms with Gasteiger partial charge in [0.1, 0.15) is 11.8 Å². The predicted molar refractivity (Wildman–Crippen MR) is 163 cm³/mol. The van der Waals surface area contributed by atoms with E-state index in [1.54, 1.807) is 19.3 Å². The number of likely N-dealkylation sites (N-methyl/N-ethyl adjacent to an activating group) is 1. The zero-order valence-corrected chi connectivity index (χ0v) is 23.4. The number of anilines is 4. The van der Waals surface area contributed by atoms with E-state index < -0.39 is 0 Å². The Morgan fingerprint density at radius 3 is 2.66 bits per heavy atom. The molecule has 41 heavy (non-hydrogen) atoms. The summed E-state index contributed by atoms with van der Waals surface area (Å²) in [6.07, 6.45) is 8.05. The summed E-state index contributed by atoms with van der Waals surface area (Å²) < 4.78 is 7.78. The van der Waals surface area contributed by atoms with Crippen LogP contribution >= 0.6 is 0 Å². The van der Waals surface area contributed by atoms with E-state index in [-0.39, 0.29) is 5.91 Å². The number of carbonyl (C=O) groups is 1. The maximum atomic E-state index is 12.7. The van der Waals surface area contributed by atoms with E-state index in [9.17, 15) is 10.1 Å². The van der Waals surface area contributed by atoms with Gasteiger partial charge >= 0.3 is 0 Å². The van der Waals surface area contributed by atoms with Crippen LogP contribution in [0.1, 0.15) is 5.56 Å². The van der Waals surface area contributed by atoms with Gasteiger partial charge in [0.05, 0.1) is 41.6 Å². The van der Waals surface area contributed by atoms with Crippen molar-refractivity contribution in [2.45, 2.75) is 0 Å². The Labute approximate surface area is 239 Å². The monoisotopic (exact) mass is 548 g/mol. The molecule has 2 aromatic heterocycles. The number of aryl methyl sites for hydroxylation is 1. The highest BCUT2D eigenvalue weighted by atomic mass is 16.5. The van der Waals surface area contributed by atoms with Crippen LogP contribution in [0.15, 0.2) is 73.6 Å². The average Bonchev–Trinajstić information content (AvgIpc) is 3.33. The molecule has 1 fully saturated rings. The molecule has 10 nitrogen and oxygen atoms in total. The van der Waals surface area contributed by atoms with Crippen molar-refractivity contribution in [3.63, 3.8) is 0 Å². The molecule has 0 saturated carbocycles. The number of carbonyl (C=O) groups excluding carboxylic acids is 1. The van der Waals surface area contributed by atoms with Gasteiger partial charge in [0.25, 0.3) is 0 Å². The molecule has 0 spiro atoms. The summed E-state index contributed by atoms with van der Waals surface area (Å²) in [4.78, 5) is 26.4. The molecule has 208 valence electrons. The molecule has 1 saturated heterocycles. The normalized spacial score (nSPS) is 13.8. The van der Waals surface area contributed by atoms with Crippen molar-refractivity contribution in [3.8, 4) is 23.1 Å². The molecule has 0 unspecified atom stereocenters. The number of benzene rings is 2. The number of piperazine rings is 1. The fourth-order valence-corrected chi connectivity index (χ4v) is 4.95. The average molecular weight is 549 g/mol. The lowest BCUT2D eigenvalue weighted by Crippen LogP contribution is -2.44. The van der Waals surface area contributed by atoms with Gasteiger partial charge in [-0.05, 0) is 19.2 Å². The molecule has 2 N–H and O–H groups in total. The minimum atomic E-state index is -0.274. The number of nitrogens with one attached hydrogen (secondary N) is 2. The summed E-state index contributed by atoms with van der Waals surface area (Å²) in [7, 11) is 5.66. The van der Waals surface area contributed by atoms with E-state index >= 15 is 0 Å². The molecular formula is C31H32N8O2. The minimum absolute atomic E-state index is 0.274. The molecule has 0 atom stereocenters. The maximum absolute atomic E-state index is 12.7. The summed E-state index contributed by atoms with van der Waals surface area (Å²) >= 11 is 0. The number of methoxy groups -OCH3 is 1. The van der Waals surface area contributed by atoms with Gasteiger partial charge in [0, 0.05) is 68.0 Å². The van der Waals surface area contributed by atoms with Crippen molar-refractivity contribution in [3.05, 3.63) is 79.2 Å². The van der Waals surface area contributed by atoms with Gasteiger partial charge in [-0.15, -0.1) is 0 Å². The first-order valence-electron chi connectivity index (χ1n) is 13.3.